The van der Waals surface area contributed by atoms with Crippen molar-refractivity contribution in [1.29, 1.82) is 0 Å². The van der Waals surface area contributed by atoms with Crippen LogP contribution in [0.3, 0.4) is 0 Å². The Balaban J connectivity index is 3.05. The van der Waals surface area contributed by atoms with E-state index in [9.17, 15) is 5.11 Å². The van der Waals surface area contributed by atoms with E-state index < -0.39 is 0 Å². The van der Waals surface area contributed by atoms with E-state index in [2.05, 4.69) is 12.6 Å². The molecular weight excluding hydrogens is 156 g/mol. The first-order chi connectivity index (χ1) is 5.11. The van der Waals surface area contributed by atoms with Gasteiger partial charge in [-0.1, -0.05) is 12.1 Å². The van der Waals surface area contributed by atoms with Crippen LogP contribution in [0, 0.1) is 6.92 Å². The molecule has 0 aliphatic carbocycles. The first-order valence-electron chi connectivity index (χ1n) is 3.59. The normalized spacial score (nSPS) is 13.1. The lowest BCUT2D eigenvalue weighted by molar-refractivity contribution is 0.199. The Labute approximate surface area is 72.5 Å². The number of hydrogen-bond acceptors (Lipinski definition) is 2. The zero-order valence-corrected chi connectivity index (χ0v) is 7.60. The highest BCUT2D eigenvalue weighted by Crippen LogP contribution is 2.18. The van der Waals surface area contributed by atoms with Crippen LogP contribution in [0.5, 0.6) is 0 Å². The third-order valence-corrected chi connectivity index (χ3v) is 2.21. The molecule has 0 aliphatic rings. The summed E-state index contributed by atoms with van der Waals surface area (Å²) in [5.74, 6) is 0. The third kappa shape index (κ3) is 1.98. The van der Waals surface area contributed by atoms with Gasteiger partial charge in [0.15, 0.2) is 0 Å². The van der Waals surface area contributed by atoms with E-state index in [1.165, 1.54) is 0 Å². The lowest BCUT2D eigenvalue weighted by Crippen LogP contribution is -1.91. The predicted octanol–water partition coefficient (Wildman–Crippen LogP) is 2.34. The molecular formula is C9H12OS. The predicted molar refractivity (Wildman–Crippen MR) is 49.1 cm³/mol. The molecule has 1 atom stereocenters. The average molecular weight is 168 g/mol. The number of rotatable bonds is 1. The molecule has 0 saturated carbocycles. The molecule has 0 bridgehead atoms. The minimum atomic E-state index is -0.386. The summed E-state index contributed by atoms with van der Waals surface area (Å²) < 4.78 is 0. The molecule has 0 aliphatic heterocycles. The number of hydrogen-bond donors (Lipinski definition) is 2. The van der Waals surface area contributed by atoms with Gasteiger partial charge in [0.05, 0.1) is 6.10 Å². The van der Waals surface area contributed by atoms with Crippen LogP contribution in [-0.2, 0) is 0 Å². The van der Waals surface area contributed by atoms with E-state index in [0.29, 0.717) is 0 Å². The van der Waals surface area contributed by atoms with Crippen molar-refractivity contribution in [3.8, 4) is 0 Å². The molecule has 1 aromatic carbocycles. The third-order valence-electron chi connectivity index (χ3n) is 1.70. The summed E-state index contributed by atoms with van der Waals surface area (Å²) in [5, 5.41) is 9.21. The summed E-state index contributed by atoms with van der Waals surface area (Å²) in [7, 11) is 0. The Morgan fingerprint density at radius 1 is 1.45 bits per heavy atom. The standard InChI is InChI=1S/C9H12OS/c1-6-5-8(7(2)10)3-4-9(6)11/h3-5,7,10-11H,1-2H3. The Morgan fingerprint density at radius 3 is 2.55 bits per heavy atom. The van der Waals surface area contributed by atoms with Crippen molar-refractivity contribution in [2.75, 3.05) is 0 Å². The van der Waals surface area contributed by atoms with Crippen LogP contribution in [-0.4, -0.2) is 5.11 Å². The fourth-order valence-electron chi connectivity index (χ4n) is 0.939. The van der Waals surface area contributed by atoms with Gasteiger partial charge in [-0.2, -0.15) is 0 Å². The number of thiol groups is 1. The molecule has 11 heavy (non-hydrogen) atoms. The molecule has 0 saturated heterocycles. The summed E-state index contributed by atoms with van der Waals surface area (Å²) in [6.45, 7) is 3.74. The minimum Gasteiger partial charge on any atom is -0.389 e. The van der Waals surface area contributed by atoms with Crippen molar-refractivity contribution in [2.45, 2.75) is 24.8 Å². The Bertz CT molecular complexity index is 256. The second-order valence-corrected chi connectivity index (χ2v) is 3.20. The number of aliphatic hydroxyl groups is 1. The maximum Gasteiger partial charge on any atom is 0.0762 e. The lowest BCUT2D eigenvalue weighted by Gasteiger charge is -2.06. The van der Waals surface area contributed by atoms with E-state index >= 15 is 0 Å². The molecule has 1 nitrogen and oxygen atoms in total. The second kappa shape index (κ2) is 3.28. The maximum absolute atomic E-state index is 9.21. The molecule has 0 fully saturated rings. The molecule has 0 heterocycles. The molecule has 0 aromatic heterocycles. The van der Waals surface area contributed by atoms with Crippen LogP contribution in [0.1, 0.15) is 24.2 Å². The SMILES string of the molecule is Cc1cc(C(C)O)ccc1S. The van der Waals surface area contributed by atoms with Gasteiger partial charge >= 0.3 is 0 Å². The van der Waals surface area contributed by atoms with E-state index in [-0.39, 0.29) is 6.10 Å². The van der Waals surface area contributed by atoms with Crippen LogP contribution in [0.15, 0.2) is 23.1 Å². The van der Waals surface area contributed by atoms with Crippen molar-refractivity contribution < 1.29 is 5.11 Å². The highest BCUT2D eigenvalue weighted by molar-refractivity contribution is 7.80. The van der Waals surface area contributed by atoms with E-state index in [1.807, 2.05) is 25.1 Å². The fraction of sp³-hybridized carbons (Fsp3) is 0.333. The van der Waals surface area contributed by atoms with Crippen LogP contribution < -0.4 is 0 Å². The first-order valence-corrected chi connectivity index (χ1v) is 4.03. The van der Waals surface area contributed by atoms with Gasteiger partial charge < -0.3 is 5.11 Å². The van der Waals surface area contributed by atoms with Gasteiger partial charge in [-0.3, -0.25) is 0 Å². The smallest absolute Gasteiger partial charge is 0.0762 e. The zero-order chi connectivity index (χ0) is 8.43. The molecule has 1 rings (SSSR count). The first kappa shape index (κ1) is 8.62. The fourth-order valence-corrected chi connectivity index (χ4v) is 1.08. The molecule has 0 spiro atoms. The summed E-state index contributed by atoms with van der Waals surface area (Å²) in [6, 6.07) is 5.74. The highest BCUT2D eigenvalue weighted by atomic mass is 32.1. The molecule has 2 heteroatoms. The summed E-state index contributed by atoms with van der Waals surface area (Å²) in [5.41, 5.74) is 2.05. The molecule has 60 valence electrons. The van der Waals surface area contributed by atoms with Crippen LogP contribution >= 0.6 is 12.6 Å². The van der Waals surface area contributed by atoms with Crippen molar-refractivity contribution >= 4 is 12.6 Å². The van der Waals surface area contributed by atoms with Crippen molar-refractivity contribution in [2.24, 2.45) is 0 Å². The van der Waals surface area contributed by atoms with Crippen LogP contribution in [0.2, 0.25) is 0 Å². The maximum atomic E-state index is 9.21. The molecule has 1 N–H and O–H groups in total. The average Bonchev–Trinajstić information content (AvgIpc) is 1.94. The number of aliphatic hydroxyl groups excluding tert-OH is 1. The highest BCUT2D eigenvalue weighted by Gasteiger charge is 2.01. The molecule has 0 radical (unpaired) electrons. The lowest BCUT2D eigenvalue weighted by atomic mass is 10.1. The van der Waals surface area contributed by atoms with Gasteiger partial charge in [0.25, 0.3) is 0 Å². The minimum absolute atomic E-state index is 0.386. The quantitative estimate of drug-likeness (QED) is 0.617. The molecule has 1 unspecified atom stereocenters. The Hall–Kier alpha value is -0.470. The second-order valence-electron chi connectivity index (χ2n) is 2.72. The van der Waals surface area contributed by atoms with Gasteiger partial charge in [-0.05, 0) is 31.0 Å². The van der Waals surface area contributed by atoms with E-state index in [1.54, 1.807) is 6.92 Å². The summed E-state index contributed by atoms with van der Waals surface area (Å²) >= 11 is 4.23. The van der Waals surface area contributed by atoms with Crippen LogP contribution in [0.4, 0.5) is 0 Å². The van der Waals surface area contributed by atoms with Gasteiger partial charge in [0.1, 0.15) is 0 Å². The molecule has 1 aromatic rings. The monoisotopic (exact) mass is 168 g/mol. The summed E-state index contributed by atoms with van der Waals surface area (Å²) in [6.07, 6.45) is -0.386. The topological polar surface area (TPSA) is 20.2 Å². The van der Waals surface area contributed by atoms with Crippen molar-refractivity contribution in [3.63, 3.8) is 0 Å². The summed E-state index contributed by atoms with van der Waals surface area (Å²) in [4.78, 5) is 0.967. The largest absolute Gasteiger partial charge is 0.389 e. The molecule has 0 amide bonds. The van der Waals surface area contributed by atoms with Crippen LogP contribution in [0.25, 0.3) is 0 Å². The van der Waals surface area contributed by atoms with Gasteiger partial charge in [0.2, 0.25) is 0 Å². The van der Waals surface area contributed by atoms with Gasteiger partial charge in [0, 0.05) is 4.90 Å². The Morgan fingerprint density at radius 2 is 2.09 bits per heavy atom. The number of benzene rings is 1. The van der Waals surface area contributed by atoms with E-state index in [4.69, 9.17) is 0 Å². The van der Waals surface area contributed by atoms with Gasteiger partial charge in [-0.15, -0.1) is 12.6 Å². The van der Waals surface area contributed by atoms with Crippen molar-refractivity contribution in [1.82, 2.24) is 0 Å². The van der Waals surface area contributed by atoms with Gasteiger partial charge in [-0.25, -0.2) is 0 Å². The number of aryl methyl sites for hydroxylation is 1. The van der Waals surface area contributed by atoms with E-state index in [0.717, 1.165) is 16.0 Å². The van der Waals surface area contributed by atoms with Crippen molar-refractivity contribution in [3.05, 3.63) is 29.3 Å². The Kier molecular flexibility index (Phi) is 2.58. The zero-order valence-electron chi connectivity index (χ0n) is 6.70.